The van der Waals surface area contributed by atoms with Crippen LogP contribution in [0.3, 0.4) is 0 Å². The SMILES string of the molecule is Cc1cc(C(C)(C)C)ccc1CNCCCC(C)N. The molecule has 1 aromatic carbocycles. The van der Waals surface area contributed by atoms with Crippen LogP contribution in [-0.4, -0.2) is 12.6 Å². The van der Waals surface area contributed by atoms with Crippen LogP contribution < -0.4 is 11.1 Å². The fourth-order valence-corrected chi connectivity index (χ4v) is 2.13. The van der Waals surface area contributed by atoms with Crippen LogP contribution in [0, 0.1) is 6.92 Å². The molecule has 1 unspecified atom stereocenters. The second-order valence-corrected chi connectivity index (χ2v) is 6.69. The summed E-state index contributed by atoms with van der Waals surface area (Å²) in [6, 6.07) is 7.15. The topological polar surface area (TPSA) is 38.0 Å². The third-order valence-corrected chi connectivity index (χ3v) is 3.54. The summed E-state index contributed by atoms with van der Waals surface area (Å²) in [7, 11) is 0. The molecule has 3 N–H and O–H groups in total. The van der Waals surface area contributed by atoms with Crippen molar-refractivity contribution in [1.29, 1.82) is 0 Å². The third kappa shape index (κ3) is 5.75. The minimum atomic E-state index is 0.230. The Hall–Kier alpha value is -0.860. The largest absolute Gasteiger partial charge is 0.328 e. The normalized spacial score (nSPS) is 13.6. The minimum absolute atomic E-state index is 0.230. The molecule has 2 nitrogen and oxygen atoms in total. The summed E-state index contributed by atoms with van der Waals surface area (Å²) in [5.41, 5.74) is 10.2. The van der Waals surface area contributed by atoms with Gasteiger partial charge in [0.05, 0.1) is 0 Å². The summed E-state index contributed by atoms with van der Waals surface area (Å²) in [5, 5.41) is 3.50. The number of nitrogens with two attached hydrogens (primary N) is 1. The molecule has 0 radical (unpaired) electrons. The van der Waals surface area contributed by atoms with Crippen molar-refractivity contribution < 1.29 is 0 Å². The van der Waals surface area contributed by atoms with Crippen molar-refractivity contribution in [2.75, 3.05) is 6.54 Å². The van der Waals surface area contributed by atoms with E-state index in [1.807, 2.05) is 0 Å². The molecular formula is C17H30N2. The first kappa shape index (κ1) is 16.2. The molecule has 0 saturated heterocycles. The molecule has 0 heterocycles. The van der Waals surface area contributed by atoms with E-state index < -0.39 is 0 Å². The summed E-state index contributed by atoms with van der Waals surface area (Å²) in [5.74, 6) is 0. The first-order chi connectivity index (χ1) is 8.80. The van der Waals surface area contributed by atoms with Crippen molar-refractivity contribution in [2.45, 2.75) is 65.5 Å². The molecule has 0 saturated carbocycles. The van der Waals surface area contributed by atoms with Gasteiger partial charge in [0, 0.05) is 12.6 Å². The van der Waals surface area contributed by atoms with Gasteiger partial charge in [0.2, 0.25) is 0 Å². The molecule has 1 rings (SSSR count). The number of benzene rings is 1. The van der Waals surface area contributed by atoms with Crippen molar-refractivity contribution in [3.8, 4) is 0 Å². The van der Waals surface area contributed by atoms with Gasteiger partial charge in [-0.15, -0.1) is 0 Å². The highest BCUT2D eigenvalue weighted by Gasteiger charge is 2.14. The maximum Gasteiger partial charge on any atom is 0.0208 e. The van der Waals surface area contributed by atoms with Gasteiger partial charge in [0.25, 0.3) is 0 Å². The molecule has 108 valence electrons. The van der Waals surface area contributed by atoms with E-state index in [0.29, 0.717) is 6.04 Å². The Morgan fingerprint density at radius 2 is 1.95 bits per heavy atom. The number of hydrogen-bond donors (Lipinski definition) is 2. The van der Waals surface area contributed by atoms with Crippen LogP contribution in [0.1, 0.15) is 57.2 Å². The first-order valence-corrected chi connectivity index (χ1v) is 7.37. The summed E-state index contributed by atoms with van der Waals surface area (Å²) < 4.78 is 0. The van der Waals surface area contributed by atoms with Crippen LogP contribution in [0.15, 0.2) is 18.2 Å². The zero-order valence-corrected chi connectivity index (χ0v) is 13.2. The van der Waals surface area contributed by atoms with Crippen LogP contribution in [0.25, 0.3) is 0 Å². The van der Waals surface area contributed by atoms with Crippen molar-refractivity contribution in [2.24, 2.45) is 5.73 Å². The lowest BCUT2D eigenvalue weighted by atomic mass is 9.85. The Balaban J connectivity index is 2.47. The molecular weight excluding hydrogens is 232 g/mol. The van der Waals surface area contributed by atoms with Crippen LogP contribution >= 0.6 is 0 Å². The highest BCUT2D eigenvalue weighted by molar-refractivity contribution is 5.34. The van der Waals surface area contributed by atoms with Gasteiger partial charge in [-0.25, -0.2) is 0 Å². The Morgan fingerprint density at radius 3 is 2.47 bits per heavy atom. The predicted octanol–water partition coefficient (Wildman–Crippen LogP) is 3.51. The van der Waals surface area contributed by atoms with E-state index in [0.717, 1.165) is 25.9 Å². The smallest absolute Gasteiger partial charge is 0.0208 e. The summed E-state index contributed by atoms with van der Waals surface area (Å²) in [4.78, 5) is 0. The minimum Gasteiger partial charge on any atom is -0.328 e. The van der Waals surface area contributed by atoms with Crippen molar-refractivity contribution in [1.82, 2.24) is 5.32 Å². The van der Waals surface area contributed by atoms with Gasteiger partial charge >= 0.3 is 0 Å². The van der Waals surface area contributed by atoms with Crippen LogP contribution in [0.4, 0.5) is 0 Å². The van der Waals surface area contributed by atoms with Gasteiger partial charge in [0.1, 0.15) is 0 Å². The third-order valence-electron chi connectivity index (χ3n) is 3.54. The first-order valence-electron chi connectivity index (χ1n) is 7.37. The molecule has 0 aromatic heterocycles. The fourth-order valence-electron chi connectivity index (χ4n) is 2.13. The van der Waals surface area contributed by atoms with Crippen LogP contribution in [0.2, 0.25) is 0 Å². The van der Waals surface area contributed by atoms with Gasteiger partial charge in [-0.05, 0) is 55.3 Å². The number of aryl methyl sites for hydroxylation is 1. The molecule has 0 amide bonds. The molecule has 0 aliphatic heterocycles. The second kappa shape index (κ2) is 7.06. The van der Waals surface area contributed by atoms with Crippen molar-refractivity contribution in [3.05, 3.63) is 34.9 Å². The Labute approximate surface area is 118 Å². The highest BCUT2D eigenvalue weighted by Crippen LogP contribution is 2.24. The lowest BCUT2D eigenvalue weighted by Crippen LogP contribution is -2.20. The van der Waals surface area contributed by atoms with E-state index in [2.05, 4.69) is 58.1 Å². The maximum absolute atomic E-state index is 5.74. The van der Waals surface area contributed by atoms with Gasteiger partial charge in [0.15, 0.2) is 0 Å². The fraction of sp³-hybridized carbons (Fsp3) is 0.647. The second-order valence-electron chi connectivity index (χ2n) is 6.69. The molecule has 19 heavy (non-hydrogen) atoms. The van der Waals surface area contributed by atoms with Crippen LogP contribution in [0.5, 0.6) is 0 Å². The quantitative estimate of drug-likeness (QED) is 0.770. The Bertz CT molecular complexity index is 389. The number of hydrogen-bond acceptors (Lipinski definition) is 2. The van der Waals surface area contributed by atoms with Crippen LogP contribution in [-0.2, 0) is 12.0 Å². The van der Waals surface area contributed by atoms with E-state index in [1.165, 1.54) is 16.7 Å². The van der Waals surface area contributed by atoms with E-state index in [1.54, 1.807) is 0 Å². The Morgan fingerprint density at radius 1 is 1.26 bits per heavy atom. The average Bonchev–Trinajstić information content (AvgIpc) is 2.28. The van der Waals surface area contributed by atoms with Gasteiger partial charge < -0.3 is 11.1 Å². The van der Waals surface area contributed by atoms with Crippen molar-refractivity contribution in [3.63, 3.8) is 0 Å². The molecule has 1 atom stereocenters. The molecule has 0 aliphatic carbocycles. The number of rotatable bonds is 6. The van der Waals surface area contributed by atoms with Gasteiger partial charge in [-0.2, -0.15) is 0 Å². The lowest BCUT2D eigenvalue weighted by Gasteiger charge is -2.20. The molecule has 0 aliphatic rings. The van der Waals surface area contributed by atoms with E-state index >= 15 is 0 Å². The van der Waals surface area contributed by atoms with E-state index in [-0.39, 0.29) is 5.41 Å². The molecule has 0 fully saturated rings. The molecule has 0 spiro atoms. The summed E-state index contributed by atoms with van der Waals surface area (Å²) in [6.07, 6.45) is 2.24. The molecule has 1 aromatic rings. The number of nitrogens with one attached hydrogen (secondary N) is 1. The highest BCUT2D eigenvalue weighted by atomic mass is 14.8. The standard InChI is InChI=1S/C17H30N2/c1-13-11-16(17(3,4)5)9-8-15(13)12-19-10-6-7-14(2)18/h8-9,11,14,19H,6-7,10,12,18H2,1-5H3. The van der Waals surface area contributed by atoms with Gasteiger partial charge in [-0.1, -0.05) is 39.0 Å². The monoisotopic (exact) mass is 262 g/mol. The zero-order valence-electron chi connectivity index (χ0n) is 13.2. The average molecular weight is 262 g/mol. The molecule has 2 heteroatoms. The van der Waals surface area contributed by atoms with E-state index in [4.69, 9.17) is 5.73 Å². The summed E-state index contributed by atoms with van der Waals surface area (Å²) >= 11 is 0. The maximum atomic E-state index is 5.74. The lowest BCUT2D eigenvalue weighted by molar-refractivity contribution is 0.572. The molecule has 0 bridgehead atoms. The van der Waals surface area contributed by atoms with Crippen molar-refractivity contribution >= 4 is 0 Å². The Kier molecular flexibility index (Phi) is 6.02. The zero-order chi connectivity index (χ0) is 14.5. The van der Waals surface area contributed by atoms with E-state index in [9.17, 15) is 0 Å². The summed E-state index contributed by atoms with van der Waals surface area (Å²) in [6.45, 7) is 13.0. The van der Waals surface area contributed by atoms with Gasteiger partial charge in [-0.3, -0.25) is 0 Å². The predicted molar refractivity (Wildman–Crippen MR) is 84.5 cm³/mol.